The highest BCUT2D eigenvalue weighted by Gasteiger charge is 2.31. The molecule has 1 aromatic carbocycles. The van der Waals surface area contributed by atoms with Gasteiger partial charge in [0.05, 0.1) is 12.3 Å². The summed E-state index contributed by atoms with van der Waals surface area (Å²) in [6, 6.07) is 8.13. The van der Waals surface area contributed by atoms with Crippen molar-refractivity contribution in [2.24, 2.45) is 11.0 Å². The van der Waals surface area contributed by atoms with E-state index >= 15 is 0 Å². The minimum absolute atomic E-state index is 0.0353. The molecule has 0 bridgehead atoms. The molecule has 1 aliphatic carbocycles. The largest absolute Gasteiger partial charge is 0.338 e. The number of amides is 2. The molecule has 2 amide bonds. The average Bonchev–Trinajstić information content (AvgIpc) is 3.13. The van der Waals surface area contributed by atoms with Crippen LogP contribution in [-0.4, -0.2) is 29.3 Å². The standard InChI is InChI=1S/C23H34ClN3O/c1-2-3-4-5-7-10-19-17-27(23(28)25-21-11-8-6-9-12-21)26-22(19)18-13-15-20(24)16-14-18/h13-16,19,21H,2-12,17H2,1H3,(H,25,28). The Morgan fingerprint density at radius 2 is 1.82 bits per heavy atom. The molecule has 0 saturated heterocycles. The van der Waals surface area contributed by atoms with E-state index in [0.717, 1.165) is 35.6 Å². The number of nitrogens with zero attached hydrogens (tertiary/aromatic N) is 2. The average molecular weight is 404 g/mol. The van der Waals surface area contributed by atoms with Gasteiger partial charge in [-0.3, -0.25) is 0 Å². The lowest BCUT2D eigenvalue weighted by molar-refractivity contribution is 0.193. The topological polar surface area (TPSA) is 44.7 Å². The van der Waals surface area contributed by atoms with Crippen molar-refractivity contribution >= 4 is 23.3 Å². The number of hydrogen-bond acceptors (Lipinski definition) is 2. The number of urea groups is 1. The molecule has 2 aliphatic rings. The van der Waals surface area contributed by atoms with Gasteiger partial charge < -0.3 is 5.32 Å². The highest BCUT2D eigenvalue weighted by Crippen LogP contribution is 2.26. The fourth-order valence-electron chi connectivity index (χ4n) is 4.31. The molecule has 1 fully saturated rings. The van der Waals surface area contributed by atoms with Crippen LogP contribution in [0.25, 0.3) is 0 Å². The predicted octanol–water partition coefficient (Wildman–Crippen LogP) is 6.38. The monoisotopic (exact) mass is 403 g/mol. The van der Waals surface area contributed by atoms with Crippen molar-refractivity contribution in [1.82, 2.24) is 10.3 Å². The van der Waals surface area contributed by atoms with E-state index in [0.29, 0.717) is 18.5 Å². The molecule has 1 atom stereocenters. The molecule has 1 aromatic rings. The third-order valence-corrected chi connectivity index (χ3v) is 6.22. The van der Waals surface area contributed by atoms with Crippen molar-refractivity contribution < 1.29 is 4.79 Å². The number of hydrazone groups is 1. The van der Waals surface area contributed by atoms with Crippen LogP contribution in [-0.2, 0) is 0 Å². The Morgan fingerprint density at radius 1 is 1.11 bits per heavy atom. The fraction of sp³-hybridized carbons (Fsp3) is 0.652. The summed E-state index contributed by atoms with van der Waals surface area (Å²) >= 11 is 6.06. The predicted molar refractivity (Wildman–Crippen MR) is 117 cm³/mol. The molecular formula is C23H34ClN3O. The van der Waals surface area contributed by atoms with Gasteiger partial charge in [-0.25, -0.2) is 9.80 Å². The van der Waals surface area contributed by atoms with Gasteiger partial charge in [0.1, 0.15) is 0 Å². The Balaban J connectivity index is 1.64. The summed E-state index contributed by atoms with van der Waals surface area (Å²) < 4.78 is 0. The number of carbonyl (C=O) groups is 1. The van der Waals surface area contributed by atoms with Gasteiger partial charge in [0.15, 0.2) is 0 Å². The number of nitrogens with one attached hydrogen (secondary N) is 1. The van der Waals surface area contributed by atoms with E-state index in [2.05, 4.69) is 12.2 Å². The molecule has 154 valence electrons. The van der Waals surface area contributed by atoms with Gasteiger partial charge in [-0.2, -0.15) is 5.10 Å². The summed E-state index contributed by atoms with van der Waals surface area (Å²) in [6.07, 6.45) is 13.3. The van der Waals surface area contributed by atoms with E-state index in [9.17, 15) is 4.79 Å². The molecule has 3 rings (SSSR count). The molecule has 5 heteroatoms. The maximum atomic E-state index is 12.8. The number of unbranched alkanes of at least 4 members (excludes halogenated alkanes) is 4. The van der Waals surface area contributed by atoms with E-state index in [4.69, 9.17) is 16.7 Å². The van der Waals surface area contributed by atoms with Crippen molar-refractivity contribution in [3.63, 3.8) is 0 Å². The first-order valence-corrected chi connectivity index (χ1v) is 11.5. The van der Waals surface area contributed by atoms with Gasteiger partial charge in [-0.15, -0.1) is 0 Å². The van der Waals surface area contributed by atoms with Gasteiger partial charge in [0.25, 0.3) is 0 Å². The molecule has 0 spiro atoms. The highest BCUT2D eigenvalue weighted by atomic mass is 35.5. The Kier molecular flexibility index (Phi) is 8.20. The lowest BCUT2D eigenvalue weighted by Gasteiger charge is -2.24. The molecule has 1 N–H and O–H groups in total. The molecule has 0 aromatic heterocycles. The number of rotatable bonds is 8. The SMILES string of the molecule is CCCCCCCC1CN(C(=O)NC2CCCCC2)N=C1c1ccc(Cl)cc1. The van der Waals surface area contributed by atoms with Gasteiger partial charge >= 0.3 is 6.03 Å². The second kappa shape index (κ2) is 10.8. The lowest BCUT2D eigenvalue weighted by Crippen LogP contribution is -2.43. The molecule has 4 nitrogen and oxygen atoms in total. The number of hydrogen-bond donors (Lipinski definition) is 1. The molecule has 1 heterocycles. The van der Waals surface area contributed by atoms with Crippen LogP contribution < -0.4 is 5.32 Å². The van der Waals surface area contributed by atoms with Gasteiger partial charge in [0, 0.05) is 17.0 Å². The second-order valence-corrected chi connectivity index (χ2v) is 8.69. The molecule has 1 aliphatic heterocycles. The first kappa shape index (κ1) is 21.2. The number of halogens is 1. The zero-order valence-corrected chi connectivity index (χ0v) is 17.9. The normalized spacial score (nSPS) is 20.3. The van der Waals surface area contributed by atoms with Crippen LogP contribution in [0.5, 0.6) is 0 Å². The van der Waals surface area contributed by atoms with Crippen molar-refractivity contribution in [2.75, 3.05) is 6.54 Å². The maximum Gasteiger partial charge on any atom is 0.338 e. The summed E-state index contributed by atoms with van der Waals surface area (Å²) in [6.45, 7) is 2.93. The Labute approximate surface area is 174 Å². The van der Waals surface area contributed by atoms with Crippen LogP contribution >= 0.6 is 11.6 Å². The van der Waals surface area contributed by atoms with E-state index in [1.165, 1.54) is 51.4 Å². The molecular weight excluding hydrogens is 370 g/mol. The van der Waals surface area contributed by atoms with Crippen LogP contribution in [0, 0.1) is 5.92 Å². The molecule has 1 saturated carbocycles. The molecule has 1 unspecified atom stereocenters. The van der Waals surface area contributed by atoms with E-state index in [1.807, 2.05) is 24.3 Å². The second-order valence-electron chi connectivity index (χ2n) is 8.26. The van der Waals surface area contributed by atoms with Crippen LogP contribution in [0.15, 0.2) is 29.4 Å². The van der Waals surface area contributed by atoms with E-state index < -0.39 is 0 Å². The Bertz CT molecular complexity index is 652. The quantitative estimate of drug-likeness (QED) is 0.503. The smallest absolute Gasteiger partial charge is 0.334 e. The van der Waals surface area contributed by atoms with Crippen molar-refractivity contribution in [3.8, 4) is 0 Å². The maximum absolute atomic E-state index is 12.8. The van der Waals surface area contributed by atoms with Crippen LogP contribution in [0.4, 0.5) is 4.79 Å². The summed E-state index contributed by atoms with van der Waals surface area (Å²) in [7, 11) is 0. The fourth-order valence-corrected chi connectivity index (χ4v) is 4.43. The Morgan fingerprint density at radius 3 is 2.54 bits per heavy atom. The molecule has 28 heavy (non-hydrogen) atoms. The minimum Gasteiger partial charge on any atom is -0.334 e. The summed E-state index contributed by atoms with van der Waals surface area (Å²) in [4.78, 5) is 12.8. The van der Waals surface area contributed by atoms with E-state index in [1.54, 1.807) is 5.01 Å². The third-order valence-electron chi connectivity index (χ3n) is 5.97. The summed E-state index contributed by atoms with van der Waals surface area (Å²) in [5.74, 6) is 0.305. The highest BCUT2D eigenvalue weighted by molar-refractivity contribution is 6.30. The van der Waals surface area contributed by atoms with Crippen LogP contribution in [0.3, 0.4) is 0 Å². The number of carbonyl (C=O) groups excluding carboxylic acids is 1. The first-order chi connectivity index (χ1) is 13.7. The van der Waals surface area contributed by atoms with Gasteiger partial charge in [-0.1, -0.05) is 82.0 Å². The third kappa shape index (κ3) is 5.97. The van der Waals surface area contributed by atoms with Crippen molar-refractivity contribution in [3.05, 3.63) is 34.9 Å². The molecule has 0 radical (unpaired) electrons. The van der Waals surface area contributed by atoms with Crippen LogP contribution in [0.1, 0.15) is 83.1 Å². The van der Waals surface area contributed by atoms with Gasteiger partial charge in [0.2, 0.25) is 0 Å². The summed E-state index contributed by atoms with van der Waals surface area (Å²) in [5, 5.41) is 10.3. The minimum atomic E-state index is -0.0353. The number of benzene rings is 1. The zero-order chi connectivity index (χ0) is 19.8. The van der Waals surface area contributed by atoms with Gasteiger partial charge in [-0.05, 0) is 37.0 Å². The lowest BCUT2D eigenvalue weighted by atomic mass is 9.92. The van der Waals surface area contributed by atoms with E-state index in [-0.39, 0.29) is 6.03 Å². The van der Waals surface area contributed by atoms with Crippen LogP contribution in [0.2, 0.25) is 5.02 Å². The van der Waals surface area contributed by atoms with Crippen molar-refractivity contribution in [2.45, 2.75) is 83.6 Å². The zero-order valence-electron chi connectivity index (χ0n) is 17.1. The summed E-state index contributed by atoms with van der Waals surface area (Å²) in [5.41, 5.74) is 2.11. The first-order valence-electron chi connectivity index (χ1n) is 11.1. The van der Waals surface area contributed by atoms with Crippen molar-refractivity contribution in [1.29, 1.82) is 0 Å². The Hall–Kier alpha value is -1.55.